The second-order valence-electron chi connectivity index (χ2n) is 4.74. The van der Waals surface area contributed by atoms with Gasteiger partial charge in [-0.25, -0.2) is 0 Å². The van der Waals surface area contributed by atoms with E-state index in [1.165, 1.54) is 14.0 Å². The molecule has 102 valence electrons. The van der Waals surface area contributed by atoms with Crippen molar-refractivity contribution in [2.75, 3.05) is 20.3 Å². The van der Waals surface area contributed by atoms with E-state index in [9.17, 15) is 14.9 Å². The minimum Gasteiger partial charge on any atom is -0.469 e. The average molecular weight is 259 g/mol. The van der Waals surface area contributed by atoms with Gasteiger partial charge in [-0.2, -0.15) is 0 Å². The van der Waals surface area contributed by atoms with E-state index < -0.39 is 29.6 Å². The van der Waals surface area contributed by atoms with Gasteiger partial charge in [0.1, 0.15) is 5.92 Å². The van der Waals surface area contributed by atoms with Crippen molar-refractivity contribution in [1.82, 2.24) is 0 Å². The number of rotatable bonds is 3. The molecule has 2 rings (SSSR count). The molecule has 2 aliphatic rings. The normalized spacial score (nSPS) is 31.4. The number of methoxy groups -OCH3 is 1. The Labute approximate surface area is 105 Å². The fraction of sp³-hybridized carbons (Fsp3) is 0.909. The minimum atomic E-state index is -1.01. The van der Waals surface area contributed by atoms with Crippen LogP contribution in [0.4, 0.5) is 0 Å². The Morgan fingerprint density at radius 2 is 2.11 bits per heavy atom. The fourth-order valence-corrected chi connectivity index (χ4v) is 2.97. The monoisotopic (exact) mass is 259 g/mol. The predicted octanol–water partition coefficient (Wildman–Crippen LogP) is 0.594. The maximum Gasteiger partial charge on any atom is 0.314 e. The summed E-state index contributed by atoms with van der Waals surface area (Å²) in [5, 5.41) is 10.9. The Balaban J connectivity index is 2.26. The molecule has 3 unspecified atom stereocenters. The SMILES string of the molecule is COC(=O)C1C(C(C)[N+](=O)[O-])CCC12OCCO2. The zero-order valence-electron chi connectivity index (χ0n) is 10.5. The number of nitro groups is 1. The maximum atomic E-state index is 11.9. The van der Waals surface area contributed by atoms with Crippen LogP contribution in [0.1, 0.15) is 19.8 Å². The molecule has 1 heterocycles. The van der Waals surface area contributed by atoms with Crippen molar-refractivity contribution in [3.05, 3.63) is 10.1 Å². The van der Waals surface area contributed by atoms with Gasteiger partial charge < -0.3 is 14.2 Å². The number of hydrogen-bond donors (Lipinski definition) is 0. The summed E-state index contributed by atoms with van der Waals surface area (Å²) >= 11 is 0. The first-order valence-electron chi connectivity index (χ1n) is 6.01. The first-order valence-corrected chi connectivity index (χ1v) is 6.01. The predicted molar refractivity (Wildman–Crippen MR) is 59.3 cm³/mol. The molecule has 2 fully saturated rings. The molecule has 0 aromatic carbocycles. The smallest absolute Gasteiger partial charge is 0.314 e. The standard InChI is InChI=1S/C11H17NO6/c1-7(12(14)15)8-3-4-11(17-5-6-18-11)9(8)10(13)16-2/h7-9H,3-6H2,1-2H3. The van der Waals surface area contributed by atoms with E-state index in [1.54, 1.807) is 0 Å². The highest BCUT2D eigenvalue weighted by Gasteiger charge is 2.60. The van der Waals surface area contributed by atoms with Gasteiger partial charge in [-0.3, -0.25) is 14.9 Å². The number of hydrogen-bond acceptors (Lipinski definition) is 6. The third kappa shape index (κ3) is 1.97. The van der Waals surface area contributed by atoms with Crippen molar-refractivity contribution >= 4 is 5.97 Å². The fourth-order valence-electron chi connectivity index (χ4n) is 2.97. The van der Waals surface area contributed by atoms with Crippen LogP contribution in [-0.4, -0.2) is 43.0 Å². The highest BCUT2D eigenvalue weighted by molar-refractivity contribution is 5.74. The van der Waals surface area contributed by atoms with Crippen molar-refractivity contribution in [1.29, 1.82) is 0 Å². The Morgan fingerprint density at radius 3 is 2.61 bits per heavy atom. The summed E-state index contributed by atoms with van der Waals surface area (Å²) in [6.45, 7) is 2.33. The highest BCUT2D eigenvalue weighted by atomic mass is 16.7. The first-order chi connectivity index (χ1) is 8.52. The van der Waals surface area contributed by atoms with E-state index in [0.29, 0.717) is 26.1 Å². The molecule has 1 spiro atoms. The molecule has 7 nitrogen and oxygen atoms in total. The van der Waals surface area contributed by atoms with Crippen LogP contribution >= 0.6 is 0 Å². The Kier molecular flexibility index (Phi) is 3.54. The summed E-state index contributed by atoms with van der Waals surface area (Å²) in [6.07, 6.45) is 1.03. The van der Waals surface area contributed by atoms with E-state index in [-0.39, 0.29) is 4.92 Å². The summed E-state index contributed by atoms with van der Waals surface area (Å²) in [4.78, 5) is 22.5. The molecule has 1 aliphatic carbocycles. The average Bonchev–Trinajstić information content (AvgIpc) is 2.96. The lowest BCUT2D eigenvalue weighted by Gasteiger charge is -2.30. The molecule has 0 radical (unpaired) electrons. The highest BCUT2D eigenvalue weighted by Crippen LogP contribution is 2.48. The molecule has 3 atom stereocenters. The minimum absolute atomic E-state index is 0.366. The van der Waals surface area contributed by atoms with E-state index in [2.05, 4.69) is 0 Å². The lowest BCUT2D eigenvalue weighted by molar-refractivity contribution is -0.529. The van der Waals surface area contributed by atoms with Crippen LogP contribution in [0, 0.1) is 22.0 Å². The number of nitrogens with zero attached hydrogens (tertiary/aromatic N) is 1. The van der Waals surface area contributed by atoms with Crippen LogP contribution in [0.5, 0.6) is 0 Å². The quantitative estimate of drug-likeness (QED) is 0.419. The molecule has 1 aliphatic heterocycles. The molecule has 0 bridgehead atoms. The second-order valence-corrected chi connectivity index (χ2v) is 4.74. The Bertz CT molecular complexity index is 351. The van der Waals surface area contributed by atoms with Gasteiger partial charge in [-0.15, -0.1) is 0 Å². The summed E-state index contributed by atoms with van der Waals surface area (Å²) in [5.41, 5.74) is 0. The lowest BCUT2D eigenvalue weighted by Crippen LogP contribution is -2.45. The van der Waals surface area contributed by atoms with Gasteiger partial charge in [0.15, 0.2) is 5.79 Å². The number of ether oxygens (including phenoxy) is 3. The number of carbonyl (C=O) groups excluding carboxylic acids is 1. The molecule has 0 aromatic heterocycles. The third-order valence-electron chi connectivity index (χ3n) is 3.91. The number of carbonyl (C=O) groups is 1. The van der Waals surface area contributed by atoms with Crippen LogP contribution in [0.25, 0.3) is 0 Å². The van der Waals surface area contributed by atoms with Gasteiger partial charge in [0, 0.05) is 24.2 Å². The molecule has 0 amide bonds. The van der Waals surface area contributed by atoms with Gasteiger partial charge in [-0.05, 0) is 6.42 Å². The van der Waals surface area contributed by atoms with Crippen LogP contribution in [0.15, 0.2) is 0 Å². The first kappa shape index (κ1) is 13.2. The van der Waals surface area contributed by atoms with Gasteiger partial charge in [0.25, 0.3) is 0 Å². The van der Waals surface area contributed by atoms with Crippen LogP contribution in [-0.2, 0) is 19.0 Å². The van der Waals surface area contributed by atoms with E-state index >= 15 is 0 Å². The van der Waals surface area contributed by atoms with Crippen LogP contribution in [0.3, 0.4) is 0 Å². The van der Waals surface area contributed by atoms with E-state index in [0.717, 1.165) is 0 Å². The molecule has 1 saturated heterocycles. The maximum absolute atomic E-state index is 11.9. The van der Waals surface area contributed by atoms with Gasteiger partial charge in [0.05, 0.1) is 20.3 Å². The molecule has 0 aromatic rings. The molecule has 0 N–H and O–H groups in total. The summed E-state index contributed by atoms with van der Waals surface area (Å²) < 4.78 is 15.9. The van der Waals surface area contributed by atoms with Crippen molar-refractivity contribution < 1.29 is 23.9 Å². The topological polar surface area (TPSA) is 87.9 Å². The zero-order valence-corrected chi connectivity index (χ0v) is 10.5. The second kappa shape index (κ2) is 4.81. The molecule has 1 saturated carbocycles. The Hall–Kier alpha value is -1.21. The largest absolute Gasteiger partial charge is 0.469 e. The van der Waals surface area contributed by atoms with Crippen molar-refractivity contribution in [3.63, 3.8) is 0 Å². The van der Waals surface area contributed by atoms with Crippen LogP contribution < -0.4 is 0 Å². The molecule has 7 heteroatoms. The third-order valence-corrected chi connectivity index (χ3v) is 3.91. The zero-order chi connectivity index (χ0) is 13.3. The van der Waals surface area contributed by atoms with Crippen LogP contribution in [0.2, 0.25) is 0 Å². The van der Waals surface area contributed by atoms with Gasteiger partial charge >= 0.3 is 5.97 Å². The van der Waals surface area contributed by atoms with E-state index in [4.69, 9.17) is 14.2 Å². The number of esters is 1. The lowest BCUT2D eigenvalue weighted by atomic mass is 9.88. The van der Waals surface area contributed by atoms with Crippen molar-refractivity contribution in [2.45, 2.75) is 31.6 Å². The molecular weight excluding hydrogens is 242 g/mol. The van der Waals surface area contributed by atoms with Gasteiger partial charge in [-0.1, -0.05) is 0 Å². The molecular formula is C11H17NO6. The van der Waals surface area contributed by atoms with Crippen molar-refractivity contribution in [3.8, 4) is 0 Å². The van der Waals surface area contributed by atoms with E-state index in [1.807, 2.05) is 0 Å². The summed E-state index contributed by atoms with van der Waals surface area (Å²) in [7, 11) is 1.27. The summed E-state index contributed by atoms with van der Waals surface area (Å²) in [5.74, 6) is -2.63. The van der Waals surface area contributed by atoms with Crippen molar-refractivity contribution in [2.24, 2.45) is 11.8 Å². The molecule has 18 heavy (non-hydrogen) atoms. The summed E-state index contributed by atoms with van der Waals surface area (Å²) in [6, 6.07) is -0.818. The Morgan fingerprint density at radius 1 is 1.50 bits per heavy atom. The van der Waals surface area contributed by atoms with Gasteiger partial charge in [0.2, 0.25) is 6.04 Å².